The van der Waals surface area contributed by atoms with Crippen LogP contribution in [-0.4, -0.2) is 59.8 Å². The molecule has 0 bridgehead atoms. The Morgan fingerprint density at radius 1 is 1.24 bits per heavy atom. The van der Waals surface area contributed by atoms with Gasteiger partial charge in [-0.3, -0.25) is 4.79 Å². The highest BCUT2D eigenvalue weighted by Crippen LogP contribution is 2.23. The van der Waals surface area contributed by atoms with E-state index in [1.54, 1.807) is 20.2 Å². The number of amides is 1. The first-order chi connectivity index (χ1) is 14.0. The SMILES string of the molecule is COCCN1CCc2ccc(Nc3ncc(C(C)=N)c(NC(C)=O)n3)cc2CC1. The summed E-state index contributed by atoms with van der Waals surface area (Å²) in [5.41, 5.74) is 4.39. The molecule has 154 valence electrons. The number of ether oxygens (including phenoxy) is 1. The lowest BCUT2D eigenvalue weighted by atomic mass is 10.0. The molecule has 0 radical (unpaired) electrons. The predicted octanol–water partition coefficient (Wildman–Crippen LogP) is 2.61. The molecule has 0 unspecified atom stereocenters. The van der Waals surface area contributed by atoms with E-state index >= 15 is 0 Å². The third-order valence-corrected chi connectivity index (χ3v) is 4.96. The van der Waals surface area contributed by atoms with E-state index in [0.29, 0.717) is 23.0 Å². The van der Waals surface area contributed by atoms with Crippen LogP contribution in [0.4, 0.5) is 17.5 Å². The number of fused-ring (bicyclic) bond motifs is 1. The molecular formula is C21H28N6O2. The summed E-state index contributed by atoms with van der Waals surface area (Å²) >= 11 is 0. The van der Waals surface area contributed by atoms with E-state index in [2.05, 4.69) is 37.6 Å². The molecule has 0 aliphatic carbocycles. The van der Waals surface area contributed by atoms with Gasteiger partial charge in [-0.2, -0.15) is 4.98 Å². The summed E-state index contributed by atoms with van der Waals surface area (Å²) in [6.07, 6.45) is 3.56. The molecule has 1 aliphatic rings. The van der Waals surface area contributed by atoms with Gasteiger partial charge in [0.15, 0.2) is 0 Å². The van der Waals surface area contributed by atoms with E-state index in [9.17, 15) is 4.79 Å². The van der Waals surface area contributed by atoms with Crippen LogP contribution in [0.25, 0.3) is 0 Å². The van der Waals surface area contributed by atoms with Crippen LogP contribution in [0, 0.1) is 5.41 Å². The van der Waals surface area contributed by atoms with Gasteiger partial charge in [0.2, 0.25) is 11.9 Å². The molecule has 3 N–H and O–H groups in total. The predicted molar refractivity (Wildman–Crippen MR) is 114 cm³/mol. The molecule has 3 rings (SSSR count). The van der Waals surface area contributed by atoms with Crippen LogP contribution in [0.5, 0.6) is 0 Å². The van der Waals surface area contributed by atoms with Gasteiger partial charge in [0.25, 0.3) is 0 Å². The van der Waals surface area contributed by atoms with Crippen molar-refractivity contribution in [2.24, 2.45) is 0 Å². The van der Waals surface area contributed by atoms with E-state index in [1.807, 2.05) is 6.07 Å². The highest BCUT2D eigenvalue weighted by molar-refractivity contribution is 6.03. The van der Waals surface area contributed by atoms with Crippen molar-refractivity contribution in [2.75, 3.05) is 44.0 Å². The number of nitrogens with one attached hydrogen (secondary N) is 3. The van der Waals surface area contributed by atoms with Crippen LogP contribution in [0.2, 0.25) is 0 Å². The summed E-state index contributed by atoms with van der Waals surface area (Å²) < 4.78 is 5.20. The maximum absolute atomic E-state index is 11.5. The number of carbonyl (C=O) groups excluding carboxylic acids is 1. The lowest BCUT2D eigenvalue weighted by molar-refractivity contribution is -0.114. The number of hydrogen-bond donors (Lipinski definition) is 3. The van der Waals surface area contributed by atoms with Crippen LogP contribution in [0.3, 0.4) is 0 Å². The Morgan fingerprint density at radius 2 is 2.00 bits per heavy atom. The summed E-state index contributed by atoms with van der Waals surface area (Å²) in [4.78, 5) is 22.6. The van der Waals surface area contributed by atoms with Crippen molar-refractivity contribution in [2.45, 2.75) is 26.7 Å². The van der Waals surface area contributed by atoms with E-state index in [0.717, 1.165) is 44.8 Å². The van der Waals surface area contributed by atoms with Crippen LogP contribution in [0.15, 0.2) is 24.4 Å². The molecule has 1 aromatic carbocycles. The Morgan fingerprint density at radius 3 is 2.69 bits per heavy atom. The van der Waals surface area contributed by atoms with Crippen LogP contribution in [-0.2, 0) is 22.4 Å². The largest absolute Gasteiger partial charge is 0.383 e. The average Bonchev–Trinajstić information content (AvgIpc) is 2.88. The second-order valence-corrected chi connectivity index (χ2v) is 7.21. The number of hydrogen-bond acceptors (Lipinski definition) is 7. The number of carbonyl (C=O) groups is 1. The minimum Gasteiger partial charge on any atom is -0.383 e. The monoisotopic (exact) mass is 396 g/mol. The number of aromatic nitrogens is 2. The summed E-state index contributed by atoms with van der Waals surface area (Å²) in [7, 11) is 1.74. The average molecular weight is 396 g/mol. The molecule has 0 saturated heterocycles. The van der Waals surface area contributed by atoms with Gasteiger partial charge in [-0.25, -0.2) is 4.98 Å². The molecule has 2 heterocycles. The molecule has 8 heteroatoms. The highest BCUT2D eigenvalue weighted by atomic mass is 16.5. The van der Waals surface area contributed by atoms with Crippen molar-refractivity contribution < 1.29 is 9.53 Å². The topological polar surface area (TPSA) is 103 Å². The van der Waals surface area contributed by atoms with Gasteiger partial charge < -0.3 is 25.7 Å². The molecule has 2 aromatic rings. The summed E-state index contributed by atoms with van der Waals surface area (Å²) in [5.74, 6) is 0.486. The lowest BCUT2D eigenvalue weighted by Gasteiger charge is -2.18. The Labute approximate surface area is 171 Å². The number of methoxy groups -OCH3 is 1. The van der Waals surface area contributed by atoms with Crippen molar-refractivity contribution in [1.29, 1.82) is 5.41 Å². The smallest absolute Gasteiger partial charge is 0.229 e. The number of benzene rings is 1. The Hall–Kier alpha value is -2.84. The number of nitrogens with zero attached hydrogens (tertiary/aromatic N) is 3. The molecule has 1 aliphatic heterocycles. The molecule has 0 atom stereocenters. The van der Waals surface area contributed by atoms with Gasteiger partial charge in [0, 0.05) is 51.3 Å². The van der Waals surface area contributed by atoms with E-state index in [-0.39, 0.29) is 5.91 Å². The molecule has 8 nitrogen and oxygen atoms in total. The maximum Gasteiger partial charge on any atom is 0.229 e. The second kappa shape index (κ2) is 9.58. The Balaban J connectivity index is 1.76. The van der Waals surface area contributed by atoms with E-state index in [4.69, 9.17) is 10.1 Å². The van der Waals surface area contributed by atoms with Crippen molar-refractivity contribution in [3.8, 4) is 0 Å². The van der Waals surface area contributed by atoms with Crippen molar-refractivity contribution >= 4 is 29.1 Å². The van der Waals surface area contributed by atoms with Crippen LogP contribution < -0.4 is 10.6 Å². The van der Waals surface area contributed by atoms with Gasteiger partial charge in [0.05, 0.1) is 12.2 Å². The fourth-order valence-electron chi connectivity index (χ4n) is 3.40. The van der Waals surface area contributed by atoms with Gasteiger partial charge in [-0.15, -0.1) is 0 Å². The highest BCUT2D eigenvalue weighted by Gasteiger charge is 2.15. The third kappa shape index (κ3) is 5.58. The van der Waals surface area contributed by atoms with Gasteiger partial charge in [-0.05, 0) is 43.0 Å². The molecule has 1 aromatic heterocycles. The minimum atomic E-state index is -0.236. The normalized spacial score (nSPS) is 14.0. The molecule has 0 fully saturated rings. The van der Waals surface area contributed by atoms with Crippen molar-refractivity contribution in [1.82, 2.24) is 14.9 Å². The minimum absolute atomic E-state index is 0.236. The quantitative estimate of drug-likeness (QED) is 0.622. The molecule has 0 spiro atoms. The Bertz CT molecular complexity index is 899. The summed E-state index contributed by atoms with van der Waals surface area (Å²) in [6.45, 7) is 6.81. The van der Waals surface area contributed by atoms with Crippen molar-refractivity contribution in [3.05, 3.63) is 41.1 Å². The zero-order valence-electron chi connectivity index (χ0n) is 17.2. The maximum atomic E-state index is 11.5. The first-order valence-electron chi connectivity index (χ1n) is 9.76. The van der Waals surface area contributed by atoms with E-state index < -0.39 is 0 Å². The fraction of sp³-hybridized carbons (Fsp3) is 0.429. The van der Waals surface area contributed by atoms with Crippen molar-refractivity contribution in [3.63, 3.8) is 0 Å². The zero-order valence-corrected chi connectivity index (χ0v) is 17.2. The van der Waals surface area contributed by atoms with Crippen LogP contribution in [0.1, 0.15) is 30.5 Å². The first-order valence-corrected chi connectivity index (χ1v) is 9.76. The van der Waals surface area contributed by atoms with Gasteiger partial charge >= 0.3 is 0 Å². The van der Waals surface area contributed by atoms with Gasteiger partial charge in [0.1, 0.15) is 5.82 Å². The summed E-state index contributed by atoms with van der Waals surface area (Å²) in [6, 6.07) is 6.33. The summed E-state index contributed by atoms with van der Waals surface area (Å²) in [5, 5.41) is 13.7. The third-order valence-electron chi connectivity index (χ3n) is 4.96. The molecule has 29 heavy (non-hydrogen) atoms. The molecule has 0 saturated carbocycles. The fourth-order valence-corrected chi connectivity index (χ4v) is 3.40. The Kier molecular flexibility index (Phi) is 6.90. The standard InChI is InChI=1S/C21H28N6O2/c1-14(22)19-13-23-21(26-20(19)24-15(2)28)25-18-5-4-16-6-8-27(10-11-29-3)9-7-17(16)12-18/h4-5,12-13,22H,6-11H2,1-3H3,(H2,23,24,25,26,28). The first kappa shape index (κ1) is 20.9. The lowest BCUT2D eigenvalue weighted by Crippen LogP contribution is -2.29. The van der Waals surface area contributed by atoms with Gasteiger partial charge in [-0.1, -0.05) is 6.07 Å². The molecular weight excluding hydrogens is 368 g/mol. The number of rotatable bonds is 7. The number of anilines is 3. The van der Waals surface area contributed by atoms with E-state index in [1.165, 1.54) is 18.1 Å². The second-order valence-electron chi connectivity index (χ2n) is 7.21. The zero-order chi connectivity index (χ0) is 20.8. The molecule has 1 amide bonds. The van der Waals surface area contributed by atoms with Crippen LogP contribution >= 0.6 is 0 Å².